The fourth-order valence-corrected chi connectivity index (χ4v) is 1.54. The number of nitrogens with one attached hydrogen (secondary N) is 1. The van der Waals surface area contributed by atoms with E-state index in [0.717, 1.165) is 0 Å². The zero-order valence-electron chi connectivity index (χ0n) is 9.76. The van der Waals surface area contributed by atoms with Crippen molar-refractivity contribution in [2.45, 2.75) is 25.0 Å². The minimum atomic E-state index is -1.06. The van der Waals surface area contributed by atoms with Crippen molar-refractivity contribution < 1.29 is 29.0 Å². The lowest BCUT2D eigenvalue weighted by Crippen LogP contribution is -2.37. The van der Waals surface area contributed by atoms with Crippen LogP contribution in [0.25, 0.3) is 0 Å². The Hall–Kier alpha value is -1.67. The second-order valence-corrected chi connectivity index (χ2v) is 3.84. The summed E-state index contributed by atoms with van der Waals surface area (Å²) in [5, 5.41) is 11.2. The van der Waals surface area contributed by atoms with Crippen LogP contribution in [0.15, 0.2) is 0 Å². The van der Waals surface area contributed by atoms with Crippen molar-refractivity contribution >= 4 is 17.8 Å². The molecule has 1 rings (SSSR count). The Kier molecular flexibility index (Phi) is 5.53. The molecule has 1 saturated heterocycles. The highest BCUT2D eigenvalue weighted by atomic mass is 16.5. The Morgan fingerprint density at radius 3 is 2.56 bits per heavy atom. The van der Waals surface area contributed by atoms with E-state index < -0.39 is 24.1 Å². The van der Waals surface area contributed by atoms with Gasteiger partial charge in [-0.25, -0.2) is 4.79 Å². The molecule has 0 aromatic heterocycles. The first kappa shape index (κ1) is 14.4. The Morgan fingerprint density at radius 1 is 1.33 bits per heavy atom. The number of nitrogens with two attached hydrogens (primary N) is 1. The molecule has 0 aromatic carbocycles. The van der Waals surface area contributed by atoms with Crippen molar-refractivity contribution in [3.63, 3.8) is 0 Å². The average molecular weight is 260 g/mol. The van der Waals surface area contributed by atoms with E-state index in [-0.39, 0.29) is 25.7 Å². The number of hydrogen-bond acceptors (Lipinski definition) is 5. The Labute approximate surface area is 103 Å². The van der Waals surface area contributed by atoms with Gasteiger partial charge in [-0.15, -0.1) is 0 Å². The van der Waals surface area contributed by atoms with Crippen LogP contribution in [0.1, 0.15) is 12.8 Å². The van der Waals surface area contributed by atoms with Gasteiger partial charge in [0.15, 0.2) is 6.10 Å². The number of amides is 2. The lowest BCUT2D eigenvalue weighted by Gasteiger charge is -2.11. The molecule has 8 nitrogen and oxygen atoms in total. The van der Waals surface area contributed by atoms with E-state index in [0.29, 0.717) is 12.8 Å². The quantitative estimate of drug-likeness (QED) is 0.465. The number of primary amides is 1. The van der Waals surface area contributed by atoms with E-state index in [2.05, 4.69) is 5.32 Å². The molecule has 8 heteroatoms. The molecule has 0 bridgehead atoms. The maximum Gasteiger partial charge on any atom is 0.332 e. The van der Waals surface area contributed by atoms with Crippen LogP contribution >= 0.6 is 0 Å². The minimum absolute atomic E-state index is 0.157. The SMILES string of the molecule is NC(=O)COCCNC(=O)[C@@H]1CC[C@H](C(=O)O)O1. The van der Waals surface area contributed by atoms with Crippen molar-refractivity contribution in [3.8, 4) is 0 Å². The molecule has 18 heavy (non-hydrogen) atoms. The van der Waals surface area contributed by atoms with Crippen LogP contribution in [0, 0.1) is 0 Å². The lowest BCUT2D eigenvalue weighted by molar-refractivity contribution is -0.151. The molecule has 1 heterocycles. The molecule has 1 aliphatic rings. The van der Waals surface area contributed by atoms with Crippen molar-refractivity contribution in [2.75, 3.05) is 19.8 Å². The summed E-state index contributed by atoms with van der Waals surface area (Å²) in [6, 6.07) is 0. The van der Waals surface area contributed by atoms with Crippen molar-refractivity contribution in [3.05, 3.63) is 0 Å². The molecule has 1 fully saturated rings. The highest BCUT2D eigenvalue weighted by molar-refractivity contribution is 5.82. The van der Waals surface area contributed by atoms with E-state index in [9.17, 15) is 14.4 Å². The van der Waals surface area contributed by atoms with Gasteiger partial charge >= 0.3 is 5.97 Å². The summed E-state index contributed by atoms with van der Waals surface area (Å²) in [4.78, 5) is 32.5. The predicted octanol–water partition coefficient (Wildman–Crippen LogP) is -1.76. The molecule has 0 spiro atoms. The molecule has 4 N–H and O–H groups in total. The van der Waals surface area contributed by atoms with Crippen molar-refractivity contribution in [1.29, 1.82) is 0 Å². The molecule has 0 aromatic rings. The summed E-state index contributed by atoms with van der Waals surface area (Å²) in [5.41, 5.74) is 4.85. The number of carboxylic acid groups (broad SMARTS) is 1. The molecular weight excluding hydrogens is 244 g/mol. The summed E-state index contributed by atoms with van der Waals surface area (Å²) in [6.45, 7) is 0.171. The van der Waals surface area contributed by atoms with E-state index in [1.165, 1.54) is 0 Å². The van der Waals surface area contributed by atoms with Gasteiger partial charge in [0.05, 0.1) is 6.61 Å². The van der Waals surface area contributed by atoms with Crippen LogP contribution in [-0.2, 0) is 23.9 Å². The van der Waals surface area contributed by atoms with Crippen molar-refractivity contribution in [1.82, 2.24) is 5.32 Å². The van der Waals surface area contributed by atoms with Gasteiger partial charge in [-0.1, -0.05) is 0 Å². The van der Waals surface area contributed by atoms with Crippen LogP contribution in [0.5, 0.6) is 0 Å². The molecule has 102 valence electrons. The fourth-order valence-electron chi connectivity index (χ4n) is 1.54. The second kappa shape index (κ2) is 6.92. The number of carbonyl (C=O) groups is 3. The van der Waals surface area contributed by atoms with Gasteiger partial charge in [-0.3, -0.25) is 9.59 Å². The highest BCUT2D eigenvalue weighted by Gasteiger charge is 2.34. The summed E-state index contributed by atoms with van der Waals surface area (Å²) in [7, 11) is 0. The van der Waals surface area contributed by atoms with Crippen molar-refractivity contribution in [2.24, 2.45) is 5.73 Å². The van der Waals surface area contributed by atoms with Gasteiger partial charge in [0, 0.05) is 6.54 Å². The largest absolute Gasteiger partial charge is 0.479 e. The molecule has 0 aliphatic carbocycles. The normalized spacial score (nSPS) is 22.7. The third kappa shape index (κ3) is 4.68. The van der Waals surface area contributed by atoms with Crippen LogP contribution in [0.2, 0.25) is 0 Å². The number of rotatable bonds is 7. The molecule has 2 atom stereocenters. The standard InChI is InChI=1S/C10H16N2O6/c11-8(13)5-17-4-3-12-9(14)6-1-2-7(18-6)10(15)16/h6-7H,1-5H2,(H2,11,13)(H,12,14)(H,15,16)/t6-,7+/m0/s1. The van der Waals surface area contributed by atoms with Gasteiger partial charge in [0.1, 0.15) is 12.7 Å². The average Bonchev–Trinajstić information content (AvgIpc) is 2.77. The first-order chi connectivity index (χ1) is 8.50. The highest BCUT2D eigenvalue weighted by Crippen LogP contribution is 2.19. The zero-order valence-corrected chi connectivity index (χ0v) is 9.76. The third-order valence-corrected chi connectivity index (χ3v) is 2.38. The molecule has 0 saturated carbocycles. The van der Waals surface area contributed by atoms with Gasteiger partial charge < -0.3 is 25.6 Å². The van der Waals surface area contributed by atoms with E-state index >= 15 is 0 Å². The summed E-state index contributed by atoms with van der Waals surface area (Å²) < 4.78 is 9.90. The number of carbonyl (C=O) groups excluding carboxylic acids is 2. The molecule has 0 radical (unpaired) electrons. The van der Waals surface area contributed by atoms with E-state index in [1.807, 2.05) is 0 Å². The maximum atomic E-state index is 11.5. The summed E-state index contributed by atoms with van der Waals surface area (Å²) >= 11 is 0. The van der Waals surface area contributed by atoms with E-state index in [1.54, 1.807) is 0 Å². The summed E-state index contributed by atoms with van der Waals surface area (Å²) in [5.74, 6) is -2.01. The molecular formula is C10H16N2O6. The Balaban J connectivity index is 2.14. The van der Waals surface area contributed by atoms with Gasteiger partial charge in [0.2, 0.25) is 11.8 Å². The van der Waals surface area contributed by atoms with Gasteiger partial charge in [-0.2, -0.15) is 0 Å². The van der Waals surface area contributed by atoms with Crippen LogP contribution < -0.4 is 11.1 Å². The molecule has 2 amide bonds. The number of carboxylic acids is 1. The lowest BCUT2D eigenvalue weighted by atomic mass is 10.2. The number of hydrogen-bond donors (Lipinski definition) is 3. The first-order valence-electron chi connectivity index (χ1n) is 5.52. The maximum absolute atomic E-state index is 11.5. The van der Waals surface area contributed by atoms with Gasteiger partial charge in [0.25, 0.3) is 0 Å². The first-order valence-corrected chi connectivity index (χ1v) is 5.52. The zero-order chi connectivity index (χ0) is 13.5. The Morgan fingerprint density at radius 2 is 2.00 bits per heavy atom. The monoisotopic (exact) mass is 260 g/mol. The smallest absolute Gasteiger partial charge is 0.332 e. The fraction of sp³-hybridized carbons (Fsp3) is 0.700. The molecule has 0 unspecified atom stereocenters. The number of aliphatic carboxylic acids is 1. The Bertz CT molecular complexity index is 332. The van der Waals surface area contributed by atoms with Crippen LogP contribution in [0.4, 0.5) is 0 Å². The third-order valence-electron chi connectivity index (χ3n) is 2.38. The molecule has 1 aliphatic heterocycles. The van der Waals surface area contributed by atoms with Crippen LogP contribution in [-0.4, -0.2) is 54.9 Å². The van der Waals surface area contributed by atoms with Crippen LogP contribution in [0.3, 0.4) is 0 Å². The van der Waals surface area contributed by atoms with E-state index in [4.69, 9.17) is 20.3 Å². The topological polar surface area (TPSA) is 128 Å². The minimum Gasteiger partial charge on any atom is -0.479 e. The second-order valence-electron chi connectivity index (χ2n) is 3.84. The summed E-state index contributed by atoms with van der Waals surface area (Å²) in [6.07, 6.45) is -0.939. The predicted molar refractivity (Wildman–Crippen MR) is 58.6 cm³/mol. The van der Waals surface area contributed by atoms with Gasteiger partial charge in [-0.05, 0) is 12.8 Å². The number of ether oxygens (including phenoxy) is 2.